The van der Waals surface area contributed by atoms with Crippen LogP contribution < -0.4 is 16.0 Å². The van der Waals surface area contributed by atoms with E-state index in [2.05, 4.69) is 15.4 Å². The van der Waals surface area contributed by atoms with Gasteiger partial charge in [-0.3, -0.25) is 0 Å². The van der Waals surface area contributed by atoms with Gasteiger partial charge in [-0.1, -0.05) is 0 Å². The fourth-order valence-electron chi connectivity index (χ4n) is 1.65. The zero-order valence-corrected chi connectivity index (χ0v) is 9.91. The van der Waals surface area contributed by atoms with E-state index in [1.165, 1.54) is 6.07 Å². The van der Waals surface area contributed by atoms with Crippen LogP contribution in [0.1, 0.15) is 18.7 Å². The van der Waals surface area contributed by atoms with Crippen molar-refractivity contribution in [2.24, 2.45) is 5.84 Å². The van der Waals surface area contributed by atoms with Gasteiger partial charge in [0.05, 0.1) is 13.2 Å². The number of nitrogens with zero attached hydrogens (tertiary/aromatic N) is 2. The van der Waals surface area contributed by atoms with Gasteiger partial charge in [-0.25, -0.2) is 10.8 Å². The lowest BCUT2D eigenvalue weighted by Crippen LogP contribution is -2.27. The van der Waals surface area contributed by atoms with E-state index in [0.29, 0.717) is 26.1 Å². The van der Waals surface area contributed by atoms with Crippen molar-refractivity contribution in [3.8, 4) is 5.88 Å². The quantitative estimate of drug-likeness (QED) is 0.641. The molecular weight excluding hydrogens is 265 g/mol. The zero-order chi connectivity index (χ0) is 13.9. The highest BCUT2D eigenvalue weighted by molar-refractivity contribution is 5.37. The predicted molar refractivity (Wildman–Crippen MR) is 59.3 cm³/mol. The normalized spacial score (nSPS) is 17.3. The number of hydrogen-bond donors (Lipinski definition) is 2. The lowest BCUT2D eigenvalue weighted by Gasteiger charge is -2.23. The fraction of sp³-hybridized carbons (Fsp3) is 0.600. The van der Waals surface area contributed by atoms with Crippen LogP contribution in [0.3, 0.4) is 0 Å². The highest BCUT2D eigenvalue weighted by Gasteiger charge is 2.36. The SMILES string of the molecule is NNc1cc(OC2CCOCC2)nc(C(F)(F)F)n1. The van der Waals surface area contributed by atoms with Gasteiger partial charge in [-0.05, 0) is 0 Å². The van der Waals surface area contributed by atoms with Crippen molar-refractivity contribution in [2.45, 2.75) is 25.1 Å². The number of halogens is 3. The number of aromatic nitrogens is 2. The van der Waals surface area contributed by atoms with Gasteiger partial charge in [0.2, 0.25) is 11.7 Å². The van der Waals surface area contributed by atoms with Crippen LogP contribution >= 0.6 is 0 Å². The van der Waals surface area contributed by atoms with E-state index in [1.807, 2.05) is 0 Å². The van der Waals surface area contributed by atoms with Crippen molar-refractivity contribution < 1.29 is 22.6 Å². The van der Waals surface area contributed by atoms with Crippen molar-refractivity contribution in [3.63, 3.8) is 0 Å². The molecule has 1 aromatic rings. The Morgan fingerprint density at radius 1 is 1.32 bits per heavy atom. The number of nitrogens with two attached hydrogens (primary N) is 1. The molecule has 3 N–H and O–H groups in total. The molecule has 0 amide bonds. The Hall–Kier alpha value is -1.61. The molecule has 0 saturated carbocycles. The maximum atomic E-state index is 12.6. The first-order valence-corrected chi connectivity index (χ1v) is 5.66. The molecule has 6 nitrogen and oxygen atoms in total. The number of nitrogen functional groups attached to an aromatic ring is 1. The molecule has 0 atom stereocenters. The summed E-state index contributed by atoms with van der Waals surface area (Å²) < 4.78 is 48.3. The molecule has 0 aliphatic carbocycles. The number of rotatable bonds is 3. The first kappa shape index (κ1) is 13.8. The summed E-state index contributed by atoms with van der Waals surface area (Å²) in [7, 11) is 0. The standard InChI is InChI=1S/C10H13F3N4O2/c11-10(12,13)9-15-7(17-14)5-8(16-9)19-6-1-3-18-4-2-6/h5-6H,1-4,14H2,(H,15,16,17). The first-order chi connectivity index (χ1) is 8.99. The third-order valence-corrected chi connectivity index (χ3v) is 2.56. The lowest BCUT2D eigenvalue weighted by molar-refractivity contribution is -0.145. The van der Waals surface area contributed by atoms with Gasteiger partial charge in [0.25, 0.3) is 0 Å². The molecule has 0 spiro atoms. The average Bonchev–Trinajstić information content (AvgIpc) is 2.38. The molecule has 19 heavy (non-hydrogen) atoms. The van der Waals surface area contributed by atoms with Crippen LogP contribution in [0.4, 0.5) is 19.0 Å². The van der Waals surface area contributed by atoms with Crippen molar-refractivity contribution in [1.29, 1.82) is 0 Å². The van der Waals surface area contributed by atoms with Crippen LogP contribution in [0.15, 0.2) is 6.07 Å². The largest absolute Gasteiger partial charge is 0.474 e. The molecule has 1 saturated heterocycles. The number of hydrogen-bond acceptors (Lipinski definition) is 6. The molecule has 1 aliphatic rings. The highest BCUT2D eigenvalue weighted by atomic mass is 19.4. The maximum absolute atomic E-state index is 12.6. The van der Waals surface area contributed by atoms with Gasteiger partial charge in [-0.15, -0.1) is 0 Å². The third-order valence-electron chi connectivity index (χ3n) is 2.56. The molecule has 0 radical (unpaired) electrons. The predicted octanol–water partition coefficient (Wildman–Crippen LogP) is 1.34. The van der Waals surface area contributed by atoms with E-state index in [9.17, 15) is 13.2 Å². The molecule has 1 fully saturated rings. The summed E-state index contributed by atoms with van der Waals surface area (Å²) in [4.78, 5) is 6.59. The van der Waals surface area contributed by atoms with E-state index >= 15 is 0 Å². The van der Waals surface area contributed by atoms with Crippen LogP contribution in [0.2, 0.25) is 0 Å². The highest BCUT2D eigenvalue weighted by Crippen LogP contribution is 2.29. The zero-order valence-electron chi connectivity index (χ0n) is 9.91. The maximum Gasteiger partial charge on any atom is 0.451 e. The van der Waals surface area contributed by atoms with Gasteiger partial charge in [0, 0.05) is 18.9 Å². The molecule has 2 rings (SSSR count). The third kappa shape index (κ3) is 3.67. The summed E-state index contributed by atoms with van der Waals surface area (Å²) in [6.45, 7) is 1.04. The van der Waals surface area contributed by atoms with E-state index < -0.39 is 12.0 Å². The van der Waals surface area contributed by atoms with Gasteiger partial charge >= 0.3 is 6.18 Å². The van der Waals surface area contributed by atoms with E-state index in [-0.39, 0.29) is 17.8 Å². The van der Waals surface area contributed by atoms with E-state index in [4.69, 9.17) is 15.3 Å². The molecule has 0 bridgehead atoms. The Morgan fingerprint density at radius 3 is 2.58 bits per heavy atom. The Bertz CT molecular complexity index is 435. The molecule has 1 aliphatic heterocycles. The summed E-state index contributed by atoms with van der Waals surface area (Å²) in [5, 5.41) is 0. The molecule has 2 heterocycles. The Kier molecular flexibility index (Phi) is 4.05. The second-order valence-electron chi connectivity index (χ2n) is 3.99. The summed E-state index contributed by atoms with van der Waals surface area (Å²) >= 11 is 0. The second-order valence-corrected chi connectivity index (χ2v) is 3.99. The summed E-state index contributed by atoms with van der Waals surface area (Å²) in [5.74, 6) is 3.49. The number of alkyl halides is 3. The van der Waals surface area contributed by atoms with Gasteiger partial charge in [0.15, 0.2) is 0 Å². The number of ether oxygens (including phenoxy) is 2. The van der Waals surface area contributed by atoms with Crippen LogP contribution in [-0.4, -0.2) is 29.3 Å². The van der Waals surface area contributed by atoms with E-state index in [1.54, 1.807) is 0 Å². The van der Waals surface area contributed by atoms with Crippen LogP contribution in [-0.2, 0) is 10.9 Å². The molecule has 1 aromatic heterocycles. The average molecular weight is 278 g/mol. The molecule has 106 valence electrons. The van der Waals surface area contributed by atoms with Crippen molar-refractivity contribution in [2.75, 3.05) is 18.6 Å². The van der Waals surface area contributed by atoms with Crippen molar-refractivity contribution in [3.05, 3.63) is 11.9 Å². The summed E-state index contributed by atoms with van der Waals surface area (Å²) in [6, 6.07) is 1.23. The molecular formula is C10H13F3N4O2. The van der Waals surface area contributed by atoms with Gasteiger partial charge in [0.1, 0.15) is 11.9 Å². The molecule has 9 heteroatoms. The van der Waals surface area contributed by atoms with Gasteiger partial charge in [-0.2, -0.15) is 18.2 Å². The topological polar surface area (TPSA) is 82.3 Å². The Labute approximate surface area is 107 Å². The second kappa shape index (κ2) is 5.57. The number of anilines is 1. The number of nitrogens with one attached hydrogen (secondary N) is 1. The number of hydrazine groups is 1. The minimum absolute atomic E-state index is 0.149. The smallest absolute Gasteiger partial charge is 0.451 e. The minimum Gasteiger partial charge on any atom is -0.474 e. The van der Waals surface area contributed by atoms with E-state index in [0.717, 1.165) is 0 Å². The van der Waals surface area contributed by atoms with Crippen LogP contribution in [0.25, 0.3) is 0 Å². The Balaban J connectivity index is 2.19. The summed E-state index contributed by atoms with van der Waals surface area (Å²) in [6.07, 6.45) is -3.65. The fourth-order valence-corrected chi connectivity index (χ4v) is 1.65. The van der Waals surface area contributed by atoms with Crippen LogP contribution in [0.5, 0.6) is 5.88 Å². The van der Waals surface area contributed by atoms with Crippen molar-refractivity contribution in [1.82, 2.24) is 9.97 Å². The lowest BCUT2D eigenvalue weighted by atomic mass is 10.2. The minimum atomic E-state index is -4.65. The first-order valence-electron chi connectivity index (χ1n) is 5.66. The molecule has 0 aromatic carbocycles. The van der Waals surface area contributed by atoms with Crippen molar-refractivity contribution >= 4 is 5.82 Å². The van der Waals surface area contributed by atoms with Gasteiger partial charge < -0.3 is 14.9 Å². The Morgan fingerprint density at radius 2 is 2.00 bits per heavy atom. The summed E-state index contributed by atoms with van der Waals surface area (Å²) in [5.41, 5.74) is 2.06. The molecule has 0 unspecified atom stereocenters. The monoisotopic (exact) mass is 278 g/mol. The van der Waals surface area contributed by atoms with Crippen LogP contribution in [0, 0.1) is 0 Å².